The van der Waals surface area contributed by atoms with Gasteiger partial charge < -0.3 is 10.2 Å². The number of amides is 3. The molecule has 1 aromatic rings. The normalized spacial score (nSPS) is 20.8. The summed E-state index contributed by atoms with van der Waals surface area (Å²) in [6, 6.07) is 7.54. The van der Waals surface area contributed by atoms with Crippen LogP contribution in [-0.4, -0.2) is 25.0 Å². The Morgan fingerprint density at radius 1 is 1.00 bits per heavy atom. The van der Waals surface area contributed by atoms with E-state index in [1.54, 1.807) is 6.08 Å². The predicted octanol–water partition coefficient (Wildman–Crippen LogP) is 1.47. The van der Waals surface area contributed by atoms with Crippen molar-refractivity contribution in [3.8, 4) is 0 Å². The fraction of sp³-hybridized carbons (Fsp3) is 0.286. The summed E-state index contributed by atoms with van der Waals surface area (Å²) in [5.41, 5.74) is 2.40. The number of carbonyl (C=O) groups excluding carboxylic acids is 2. The maximum absolute atomic E-state index is 11.4. The summed E-state index contributed by atoms with van der Waals surface area (Å²) in [7, 11) is 0. The molecule has 3 rings (SSSR count). The van der Waals surface area contributed by atoms with Gasteiger partial charge in [0, 0.05) is 18.8 Å². The van der Waals surface area contributed by atoms with E-state index in [0.29, 0.717) is 5.70 Å². The predicted molar refractivity (Wildman–Crippen MR) is 72.5 cm³/mol. The standard InChI is InChI=1S/C14H15N3O2/c18-13-12(15-14(19)16-13)9-10-3-5-11(6-4-10)17-7-1-2-8-17/h3-6,9H,1-2,7-8H2,(H2,15,16,18,19)/b12-9-. The van der Waals surface area contributed by atoms with Crippen LogP contribution in [0.4, 0.5) is 10.5 Å². The van der Waals surface area contributed by atoms with E-state index in [4.69, 9.17) is 0 Å². The third-order valence-corrected chi connectivity index (χ3v) is 3.40. The molecule has 0 bridgehead atoms. The van der Waals surface area contributed by atoms with E-state index in [-0.39, 0.29) is 5.91 Å². The van der Waals surface area contributed by atoms with Gasteiger partial charge in [-0.25, -0.2) is 4.79 Å². The summed E-state index contributed by atoms with van der Waals surface area (Å²) in [5, 5.41) is 4.65. The molecular weight excluding hydrogens is 242 g/mol. The van der Waals surface area contributed by atoms with Crippen molar-refractivity contribution >= 4 is 23.7 Å². The topological polar surface area (TPSA) is 61.4 Å². The second-order valence-electron chi connectivity index (χ2n) is 4.75. The Hall–Kier alpha value is -2.30. The van der Waals surface area contributed by atoms with Crippen molar-refractivity contribution < 1.29 is 9.59 Å². The highest BCUT2D eigenvalue weighted by Gasteiger charge is 2.22. The van der Waals surface area contributed by atoms with Crippen LogP contribution in [0.5, 0.6) is 0 Å². The Morgan fingerprint density at radius 3 is 2.26 bits per heavy atom. The summed E-state index contributed by atoms with van der Waals surface area (Å²) in [5.74, 6) is -0.381. The molecule has 3 amide bonds. The van der Waals surface area contributed by atoms with E-state index < -0.39 is 6.03 Å². The first-order valence-electron chi connectivity index (χ1n) is 6.41. The highest BCUT2D eigenvalue weighted by Crippen LogP contribution is 2.21. The molecule has 98 valence electrons. The fourth-order valence-corrected chi connectivity index (χ4v) is 2.41. The van der Waals surface area contributed by atoms with Crippen molar-refractivity contribution in [1.29, 1.82) is 0 Å². The number of benzene rings is 1. The highest BCUT2D eigenvalue weighted by molar-refractivity contribution is 6.13. The minimum Gasteiger partial charge on any atom is -0.372 e. The van der Waals surface area contributed by atoms with Gasteiger partial charge in [0.2, 0.25) is 0 Å². The van der Waals surface area contributed by atoms with Gasteiger partial charge in [-0.3, -0.25) is 10.1 Å². The number of anilines is 1. The molecule has 2 fully saturated rings. The molecule has 0 spiro atoms. The number of urea groups is 1. The van der Waals surface area contributed by atoms with Crippen molar-refractivity contribution in [1.82, 2.24) is 10.6 Å². The Balaban J connectivity index is 1.77. The van der Waals surface area contributed by atoms with Crippen molar-refractivity contribution in [3.63, 3.8) is 0 Å². The van der Waals surface area contributed by atoms with Crippen molar-refractivity contribution in [2.45, 2.75) is 12.8 Å². The molecule has 19 heavy (non-hydrogen) atoms. The average Bonchev–Trinajstić information content (AvgIpc) is 3.01. The van der Waals surface area contributed by atoms with Crippen LogP contribution in [0.2, 0.25) is 0 Å². The Labute approximate surface area is 111 Å². The van der Waals surface area contributed by atoms with Gasteiger partial charge in [0.1, 0.15) is 5.70 Å². The molecule has 0 saturated carbocycles. The molecular formula is C14H15N3O2. The van der Waals surface area contributed by atoms with Crippen LogP contribution in [0.15, 0.2) is 30.0 Å². The lowest BCUT2D eigenvalue weighted by atomic mass is 10.1. The number of nitrogens with zero attached hydrogens (tertiary/aromatic N) is 1. The van der Waals surface area contributed by atoms with E-state index in [0.717, 1.165) is 18.7 Å². The molecule has 5 nitrogen and oxygen atoms in total. The molecule has 1 aromatic carbocycles. The summed E-state index contributed by atoms with van der Waals surface area (Å²) in [4.78, 5) is 24.7. The van der Waals surface area contributed by atoms with Crippen LogP contribution in [0, 0.1) is 0 Å². The Morgan fingerprint density at radius 2 is 1.68 bits per heavy atom. The van der Waals surface area contributed by atoms with E-state index in [2.05, 4.69) is 15.5 Å². The van der Waals surface area contributed by atoms with Gasteiger partial charge in [0.25, 0.3) is 5.91 Å². The molecule has 0 aromatic heterocycles. The van der Waals surface area contributed by atoms with Gasteiger partial charge in [-0.05, 0) is 36.6 Å². The molecule has 2 heterocycles. The van der Waals surface area contributed by atoms with Crippen LogP contribution >= 0.6 is 0 Å². The molecule has 0 aliphatic carbocycles. The van der Waals surface area contributed by atoms with Gasteiger partial charge in [0.05, 0.1) is 0 Å². The summed E-state index contributed by atoms with van der Waals surface area (Å²) >= 11 is 0. The Bertz CT molecular complexity index is 542. The number of carbonyl (C=O) groups is 2. The third kappa shape index (κ3) is 2.45. The molecule has 2 saturated heterocycles. The molecule has 2 aliphatic rings. The van der Waals surface area contributed by atoms with Crippen LogP contribution in [0.25, 0.3) is 6.08 Å². The minimum absolute atomic E-state index is 0.291. The zero-order chi connectivity index (χ0) is 13.2. The summed E-state index contributed by atoms with van der Waals surface area (Å²) < 4.78 is 0. The first-order valence-corrected chi connectivity index (χ1v) is 6.41. The first kappa shape index (κ1) is 11.8. The molecule has 2 aliphatic heterocycles. The second-order valence-corrected chi connectivity index (χ2v) is 4.75. The molecule has 0 unspecified atom stereocenters. The van der Waals surface area contributed by atoms with Gasteiger partial charge >= 0.3 is 6.03 Å². The number of nitrogens with one attached hydrogen (secondary N) is 2. The average molecular weight is 257 g/mol. The molecule has 2 N–H and O–H groups in total. The minimum atomic E-state index is -0.468. The van der Waals surface area contributed by atoms with Crippen molar-refractivity contribution in [3.05, 3.63) is 35.5 Å². The van der Waals surface area contributed by atoms with Crippen LogP contribution in [-0.2, 0) is 4.79 Å². The maximum atomic E-state index is 11.4. The zero-order valence-electron chi connectivity index (χ0n) is 10.5. The van der Waals surface area contributed by atoms with E-state index in [1.807, 2.05) is 24.3 Å². The molecule has 0 radical (unpaired) electrons. The van der Waals surface area contributed by atoms with E-state index in [1.165, 1.54) is 18.5 Å². The van der Waals surface area contributed by atoms with Crippen LogP contribution in [0.3, 0.4) is 0 Å². The lowest BCUT2D eigenvalue weighted by Gasteiger charge is -2.17. The summed E-state index contributed by atoms with van der Waals surface area (Å²) in [6.07, 6.45) is 4.17. The van der Waals surface area contributed by atoms with Gasteiger partial charge in [-0.15, -0.1) is 0 Å². The maximum Gasteiger partial charge on any atom is 0.326 e. The smallest absolute Gasteiger partial charge is 0.326 e. The zero-order valence-corrected chi connectivity index (χ0v) is 10.5. The molecule has 0 atom stereocenters. The quantitative estimate of drug-likeness (QED) is 0.623. The van der Waals surface area contributed by atoms with Crippen LogP contribution < -0.4 is 15.5 Å². The van der Waals surface area contributed by atoms with Crippen LogP contribution in [0.1, 0.15) is 18.4 Å². The van der Waals surface area contributed by atoms with Gasteiger partial charge in [-0.1, -0.05) is 12.1 Å². The first-order chi connectivity index (χ1) is 9.22. The third-order valence-electron chi connectivity index (χ3n) is 3.40. The molecule has 5 heteroatoms. The SMILES string of the molecule is O=C1NC(=O)/C(=C/c2ccc(N3CCCC3)cc2)N1. The van der Waals surface area contributed by atoms with Gasteiger partial charge in [-0.2, -0.15) is 0 Å². The van der Waals surface area contributed by atoms with Gasteiger partial charge in [0.15, 0.2) is 0 Å². The lowest BCUT2D eigenvalue weighted by Crippen LogP contribution is -2.22. The second kappa shape index (κ2) is 4.76. The number of imide groups is 1. The van der Waals surface area contributed by atoms with Crippen molar-refractivity contribution in [2.75, 3.05) is 18.0 Å². The number of hydrogen-bond donors (Lipinski definition) is 2. The van der Waals surface area contributed by atoms with E-state index in [9.17, 15) is 9.59 Å². The fourth-order valence-electron chi connectivity index (χ4n) is 2.41. The number of hydrogen-bond acceptors (Lipinski definition) is 3. The van der Waals surface area contributed by atoms with Crippen molar-refractivity contribution in [2.24, 2.45) is 0 Å². The monoisotopic (exact) mass is 257 g/mol. The number of rotatable bonds is 2. The highest BCUT2D eigenvalue weighted by atomic mass is 16.2. The van der Waals surface area contributed by atoms with E-state index >= 15 is 0 Å². The Kier molecular flexibility index (Phi) is 2.95. The summed E-state index contributed by atoms with van der Waals surface area (Å²) in [6.45, 7) is 2.22. The lowest BCUT2D eigenvalue weighted by molar-refractivity contribution is -0.115. The largest absolute Gasteiger partial charge is 0.372 e.